The smallest absolute Gasteiger partial charge is 0.248 e. The molecule has 2 aromatic carbocycles. The lowest BCUT2D eigenvalue weighted by molar-refractivity contribution is -0.111. The van der Waals surface area contributed by atoms with Gasteiger partial charge < -0.3 is 19.5 Å². The first-order valence-corrected chi connectivity index (χ1v) is 9.23. The first-order valence-electron chi connectivity index (χ1n) is 9.23. The highest BCUT2D eigenvalue weighted by Gasteiger charge is 2.18. The van der Waals surface area contributed by atoms with Crippen LogP contribution < -0.4 is 19.5 Å². The van der Waals surface area contributed by atoms with E-state index in [-0.39, 0.29) is 5.91 Å². The summed E-state index contributed by atoms with van der Waals surface area (Å²) in [5, 5.41) is 3.03. The lowest BCUT2D eigenvalue weighted by Gasteiger charge is -2.20. The molecule has 0 saturated carbocycles. The molecule has 0 unspecified atom stereocenters. The maximum atomic E-state index is 12.5. The topological polar surface area (TPSA) is 56.8 Å². The van der Waals surface area contributed by atoms with Gasteiger partial charge in [-0.3, -0.25) is 4.79 Å². The van der Waals surface area contributed by atoms with Gasteiger partial charge in [-0.05, 0) is 47.7 Å². The minimum absolute atomic E-state index is 0.167. The van der Waals surface area contributed by atoms with Crippen LogP contribution in [0.2, 0.25) is 0 Å². The monoisotopic (exact) mass is 367 g/mol. The normalized spacial score (nSPS) is 12.9. The number of carbonyl (C=O) groups excluding carboxylic acids is 1. The molecule has 1 heterocycles. The lowest BCUT2D eigenvalue weighted by atomic mass is 10.0. The fourth-order valence-electron chi connectivity index (χ4n) is 3.13. The van der Waals surface area contributed by atoms with Crippen LogP contribution in [0.3, 0.4) is 0 Å². The quantitative estimate of drug-likeness (QED) is 0.776. The number of aryl methyl sites for hydroxylation is 2. The Morgan fingerprint density at radius 2 is 1.85 bits per heavy atom. The molecule has 0 bridgehead atoms. The van der Waals surface area contributed by atoms with Crippen molar-refractivity contribution in [2.75, 3.05) is 25.6 Å². The number of hydrogen-bond donors (Lipinski definition) is 1. The maximum absolute atomic E-state index is 12.5. The number of ether oxygens (including phenoxy) is 3. The number of anilines is 1. The number of carbonyl (C=O) groups is 1. The summed E-state index contributed by atoms with van der Waals surface area (Å²) < 4.78 is 16.6. The predicted molar refractivity (Wildman–Crippen MR) is 107 cm³/mol. The summed E-state index contributed by atoms with van der Waals surface area (Å²) in [6.45, 7) is 5.17. The van der Waals surface area contributed by atoms with E-state index >= 15 is 0 Å². The van der Waals surface area contributed by atoms with Gasteiger partial charge in [0, 0.05) is 11.8 Å². The van der Waals surface area contributed by atoms with Crippen LogP contribution in [0.15, 0.2) is 36.4 Å². The second kappa shape index (κ2) is 8.62. The SMILES string of the molecule is CCc1cccc(CC)c1NC(=O)/C=C/c1cc(OC)c2c(c1)OCCO2. The molecule has 1 N–H and O–H groups in total. The summed E-state index contributed by atoms with van der Waals surface area (Å²) in [5.74, 6) is 1.66. The van der Waals surface area contributed by atoms with E-state index in [0.717, 1.165) is 35.2 Å². The van der Waals surface area contributed by atoms with Gasteiger partial charge >= 0.3 is 0 Å². The highest BCUT2D eigenvalue weighted by molar-refractivity contribution is 6.03. The molecule has 0 atom stereocenters. The van der Waals surface area contributed by atoms with Crippen LogP contribution in [0.25, 0.3) is 6.08 Å². The van der Waals surface area contributed by atoms with Gasteiger partial charge in [0.25, 0.3) is 0 Å². The molecule has 0 aliphatic carbocycles. The molecule has 27 heavy (non-hydrogen) atoms. The van der Waals surface area contributed by atoms with Crippen molar-refractivity contribution >= 4 is 17.7 Å². The third-order valence-electron chi connectivity index (χ3n) is 4.52. The van der Waals surface area contributed by atoms with E-state index in [0.29, 0.717) is 30.5 Å². The zero-order valence-corrected chi connectivity index (χ0v) is 16.0. The number of fused-ring (bicyclic) bond motifs is 1. The average molecular weight is 367 g/mol. The van der Waals surface area contributed by atoms with Crippen molar-refractivity contribution in [2.45, 2.75) is 26.7 Å². The van der Waals surface area contributed by atoms with Gasteiger partial charge in [0.1, 0.15) is 13.2 Å². The molecule has 142 valence electrons. The van der Waals surface area contributed by atoms with Crippen LogP contribution in [0.1, 0.15) is 30.5 Å². The van der Waals surface area contributed by atoms with Crippen molar-refractivity contribution in [1.29, 1.82) is 0 Å². The molecule has 0 saturated heterocycles. The zero-order valence-electron chi connectivity index (χ0n) is 16.0. The van der Waals surface area contributed by atoms with E-state index in [4.69, 9.17) is 14.2 Å². The number of benzene rings is 2. The van der Waals surface area contributed by atoms with Gasteiger partial charge in [0.05, 0.1) is 7.11 Å². The molecule has 5 nitrogen and oxygen atoms in total. The number of amides is 1. The molecule has 1 aliphatic rings. The molecule has 5 heteroatoms. The van der Waals surface area contributed by atoms with Crippen LogP contribution in [-0.2, 0) is 17.6 Å². The second-order valence-corrected chi connectivity index (χ2v) is 6.23. The fourth-order valence-corrected chi connectivity index (χ4v) is 3.13. The van der Waals surface area contributed by atoms with Gasteiger partial charge in [0.2, 0.25) is 11.7 Å². The maximum Gasteiger partial charge on any atom is 0.248 e. The summed E-state index contributed by atoms with van der Waals surface area (Å²) in [5.41, 5.74) is 4.00. The van der Waals surface area contributed by atoms with Crippen molar-refractivity contribution in [3.63, 3.8) is 0 Å². The minimum Gasteiger partial charge on any atom is -0.493 e. The Kier molecular flexibility index (Phi) is 6.01. The largest absolute Gasteiger partial charge is 0.493 e. The zero-order chi connectivity index (χ0) is 19.2. The standard InChI is InChI=1S/C22H25NO4/c1-4-16-7-6-8-17(5-2)21(16)23-20(24)10-9-15-13-18(25-3)22-19(14-15)26-11-12-27-22/h6-10,13-14H,4-5,11-12H2,1-3H3,(H,23,24)/b10-9+. The summed E-state index contributed by atoms with van der Waals surface area (Å²) in [4.78, 5) is 12.5. The first kappa shape index (κ1) is 18.8. The van der Waals surface area contributed by atoms with E-state index in [2.05, 4.69) is 19.2 Å². The molecule has 0 aromatic heterocycles. The molecule has 1 aliphatic heterocycles. The number of hydrogen-bond acceptors (Lipinski definition) is 4. The number of methoxy groups -OCH3 is 1. The fraction of sp³-hybridized carbons (Fsp3) is 0.318. The Labute approximate surface area is 159 Å². The van der Waals surface area contributed by atoms with Crippen molar-refractivity contribution in [2.24, 2.45) is 0 Å². The summed E-state index contributed by atoms with van der Waals surface area (Å²) in [6, 6.07) is 9.80. The van der Waals surface area contributed by atoms with E-state index in [1.165, 1.54) is 6.08 Å². The van der Waals surface area contributed by atoms with Gasteiger partial charge in [-0.1, -0.05) is 32.0 Å². The molecule has 0 fully saturated rings. The van der Waals surface area contributed by atoms with Crippen molar-refractivity contribution in [3.8, 4) is 17.2 Å². The molecule has 0 radical (unpaired) electrons. The summed E-state index contributed by atoms with van der Waals surface area (Å²) in [7, 11) is 1.59. The van der Waals surface area contributed by atoms with Crippen molar-refractivity contribution in [3.05, 3.63) is 53.1 Å². The van der Waals surface area contributed by atoms with Crippen LogP contribution in [0, 0.1) is 0 Å². The predicted octanol–water partition coefficient (Wildman–Crippen LogP) is 4.24. The molecular weight excluding hydrogens is 342 g/mol. The van der Waals surface area contributed by atoms with E-state index < -0.39 is 0 Å². The van der Waals surface area contributed by atoms with Crippen molar-refractivity contribution in [1.82, 2.24) is 0 Å². The Morgan fingerprint density at radius 1 is 1.15 bits per heavy atom. The average Bonchev–Trinajstić information content (AvgIpc) is 2.71. The summed E-state index contributed by atoms with van der Waals surface area (Å²) in [6.07, 6.45) is 5.01. The van der Waals surface area contributed by atoms with Gasteiger partial charge in [-0.25, -0.2) is 0 Å². The van der Waals surface area contributed by atoms with E-state index in [9.17, 15) is 4.79 Å². The highest BCUT2D eigenvalue weighted by Crippen LogP contribution is 2.40. The Balaban J connectivity index is 1.80. The van der Waals surface area contributed by atoms with Gasteiger partial charge in [0.15, 0.2) is 11.5 Å². The van der Waals surface area contributed by atoms with Crippen molar-refractivity contribution < 1.29 is 19.0 Å². The molecule has 2 aromatic rings. The molecule has 1 amide bonds. The number of para-hydroxylation sites is 1. The Bertz CT molecular complexity index is 818. The van der Waals surface area contributed by atoms with Crippen LogP contribution in [0.4, 0.5) is 5.69 Å². The Hall–Kier alpha value is -2.95. The van der Waals surface area contributed by atoms with E-state index in [1.807, 2.05) is 30.3 Å². The lowest BCUT2D eigenvalue weighted by Crippen LogP contribution is -2.16. The highest BCUT2D eigenvalue weighted by atomic mass is 16.6. The van der Waals surface area contributed by atoms with Crippen LogP contribution >= 0.6 is 0 Å². The molecule has 0 spiro atoms. The third-order valence-corrected chi connectivity index (χ3v) is 4.52. The molecule has 3 rings (SSSR count). The third kappa shape index (κ3) is 4.25. The van der Waals surface area contributed by atoms with Gasteiger partial charge in [-0.2, -0.15) is 0 Å². The van der Waals surface area contributed by atoms with Gasteiger partial charge in [-0.15, -0.1) is 0 Å². The van der Waals surface area contributed by atoms with Crippen LogP contribution in [0.5, 0.6) is 17.2 Å². The minimum atomic E-state index is -0.167. The number of rotatable bonds is 6. The first-order chi connectivity index (χ1) is 13.2. The Morgan fingerprint density at radius 3 is 2.52 bits per heavy atom. The van der Waals surface area contributed by atoms with E-state index in [1.54, 1.807) is 13.2 Å². The van der Waals surface area contributed by atoms with Crippen LogP contribution in [-0.4, -0.2) is 26.2 Å². The summed E-state index contributed by atoms with van der Waals surface area (Å²) >= 11 is 0. The molecular formula is C22H25NO4. The number of nitrogens with one attached hydrogen (secondary N) is 1. The second-order valence-electron chi connectivity index (χ2n) is 6.23.